The summed E-state index contributed by atoms with van der Waals surface area (Å²) in [5.41, 5.74) is 4.56. The quantitative estimate of drug-likeness (QED) is 0.806. The Balaban J connectivity index is 2.16. The molecule has 3 rings (SSSR count). The smallest absolute Gasteiger partial charge is 0.226 e. The monoisotopic (exact) mass is 241 g/mol. The summed E-state index contributed by atoms with van der Waals surface area (Å²) < 4.78 is 0. The zero-order chi connectivity index (χ0) is 12.7. The molecule has 1 aliphatic rings. The normalized spacial score (nSPS) is 18.3. The van der Waals surface area contributed by atoms with Crippen molar-refractivity contribution in [1.82, 2.24) is 10.2 Å². The minimum atomic E-state index is 0.0299. The van der Waals surface area contributed by atoms with E-state index >= 15 is 0 Å². The fraction of sp³-hybridized carbons (Fsp3) is 0.286. The summed E-state index contributed by atoms with van der Waals surface area (Å²) >= 11 is 0. The average molecular weight is 241 g/mol. The Morgan fingerprint density at radius 3 is 2.83 bits per heavy atom. The van der Waals surface area contributed by atoms with Gasteiger partial charge in [-0.05, 0) is 25.0 Å². The number of nitrogens with zero attached hydrogens (tertiary/aromatic N) is 1. The zero-order valence-corrected chi connectivity index (χ0v) is 10.4. The van der Waals surface area contributed by atoms with Crippen molar-refractivity contribution in [2.24, 2.45) is 0 Å². The Morgan fingerprint density at radius 1 is 1.28 bits per heavy atom. The maximum atomic E-state index is 11.8. The van der Waals surface area contributed by atoms with Crippen molar-refractivity contribution in [3.63, 3.8) is 0 Å². The molecule has 0 bridgehead atoms. The third kappa shape index (κ3) is 1.61. The lowest BCUT2D eigenvalue weighted by molar-refractivity contribution is -0.116. The number of aromatic nitrogens is 2. The van der Waals surface area contributed by atoms with E-state index in [0.29, 0.717) is 12.2 Å². The lowest BCUT2D eigenvalue weighted by atomic mass is 9.84. The van der Waals surface area contributed by atoms with Crippen LogP contribution in [0.3, 0.4) is 0 Å². The van der Waals surface area contributed by atoms with Crippen LogP contribution in [0.5, 0.6) is 0 Å². The Morgan fingerprint density at radius 2 is 2.06 bits per heavy atom. The fourth-order valence-electron chi connectivity index (χ4n) is 2.67. The van der Waals surface area contributed by atoms with Crippen LogP contribution in [-0.2, 0) is 4.79 Å². The first-order valence-electron chi connectivity index (χ1n) is 6.07. The molecule has 4 nitrogen and oxygen atoms in total. The van der Waals surface area contributed by atoms with Gasteiger partial charge in [0.05, 0.1) is 0 Å². The summed E-state index contributed by atoms with van der Waals surface area (Å²) in [6.07, 6.45) is 0.484. The number of benzene rings is 1. The molecule has 0 aliphatic carbocycles. The first-order valence-corrected chi connectivity index (χ1v) is 6.07. The highest BCUT2D eigenvalue weighted by atomic mass is 16.1. The third-order valence-corrected chi connectivity index (χ3v) is 3.55. The highest BCUT2D eigenvalue weighted by Gasteiger charge is 2.30. The van der Waals surface area contributed by atoms with E-state index < -0.39 is 0 Å². The summed E-state index contributed by atoms with van der Waals surface area (Å²) in [7, 11) is 0. The molecular weight excluding hydrogens is 226 g/mol. The van der Waals surface area contributed by atoms with Gasteiger partial charge in [0.15, 0.2) is 5.82 Å². The molecule has 1 atom stereocenters. The molecule has 18 heavy (non-hydrogen) atoms. The molecule has 2 heterocycles. The number of fused-ring (bicyclic) bond motifs is 1. The third-order valence-electron chi connectivity index (χ3n) is 3.55. The Kier molecular flexibility index (Phi) is 2.44. The molecule has 1 unspecified atom stereocenters. The molecular formula is C14H15N3O. The number of nitrogens with one attached hydrogen (secondary N) is 2. The van der Waals surface area contributed by atoms with Crippen LogP contribution in [0.15, 0.2) is 24.3 Å². The van der Waals surface area contributed by atoms with Crippen LogP contribution in [0.2, 0.25) is 0 Å². The van der Waals surface area contributed by atoms with Crippen molar-refractivity contribution in [2.75, 3.05) is 5.32 Å². The molecule has 0 saturated heterocycles. The van der Waals surface area contributed by atoms with E-state index in [2.05, 4.69) is 34.6 Å². The molecule has 1 aromatic carbocycles. The van der Waals surface area contributed by atoms with Gasteiger partial charge in [0, 0.05) is 23.6 Å². The first kappa shape index (κ1) is 11.0. The second-order valence-corrected chi connectivity index (χ2v) is 4.77. The Labute approximate surface area is 105 Å². The summed E-state index contributed by atoms with van der Waals surface area (Å²) in [6.45, 7) is 4.07. The van der Waals surface area contributed by atoms with E-state index in [9.17, 15) is 4.79 Å². The van der Waals surface area contributed by atoms with Crippen LogP contribution in [0.1, 0.15) is 34.7 Å². The van der Waals surface area contributed by atoms with Gasteiger partial charge in [-0.2, -0.15) is 5.10 Å². The number of anilines is 1. The molecule has 1 amide bonds. The van der Waals surface area contributed by atoms with Crippen LogP contribution in [0.4, 0.5) is 5.82 Å². The predicted octanol–water partition coefficient (Wildman–Crippen LogP) is 2.50. The van der Waals surface area contributed by atoms with Crippen LogP contribution < -0.4 is 5.32 Å². The lowest BCUT2D eigenvalue weighted by Crippen LogP contribution is -2.23. The van der Waals surface area contributed by atoms with E-state index in [1.165, 1.54) is 11.1 Å². The minimum absolute atomic E-state index is 0.0299. The van der Waals surface area contributed by atoms with E-state index in [0.717, 1.165) is 11.3 Å². The molecule has 0 spiro atoms. The largest absolute Gasteiger partial charge is 0.309 e. The maximum absolute atomic E-state index is 11.8. The second-order valence-electron chi connectivity index (χ2n) is 4.77. The van der Waals surface area contributed by atoms with Crippen molar-refractivity contribution in [3.8, 4) is 0 Å². The minimum Gasteiger partial charge on any atom is -0.309 e. The van der Waals surface area contributed by atoms with Crippen molar-refractivity contribution >= 4 is 11.7 Å². The van der Waals surface area contributed by atoms with Gasteiger partial charge in [0.25, 0.3) is 0 Å². The van der Waals surface area contributed by atoms with Gasteiger partial charge in [0.1, 0.15) is 0 Å². The Bertz CT molecular complexity index is 615. The lowest BCUT2D eigenvalue weighted by Gasteiger charge is -2.24. The fourth-order valence-corrected chi connectivity index (χ4v) is 2.67. The standard InChI is InChI=1S/C14H15N3O/c1-8-5-3-4-6-10(8)11-7-12(18)15-14-13(11)9(2)16-17-14/h3-6,11H,7H2,1-2H3,(H2,15,16,17,18). The highest BCUT2D eigenvalue weighted by Crippen LogP contribution is 2.38. The first-order chi connectivity index (χ1) is 8.66. The van der Waals surface area contributed by atoms with E-state index in [1.807, 2.05) is 19.1 Å². The predicted molar refractivity (Wildman–Crippen MR) is 69.6 cm³/mol. The Hall–Kier alpha value is -2.10. The van der Waals surface area contributed by atoms with E-state index in [-0.39, 0.29) is 11.8 Å². The van der Waals surface area contributed by atoms with Gasteiger partial charge in [-0.15, -0.1) is 0 Å². The summed E-state index contributed by atoms with van der Waals surface area (Å²) in [6, 6.07) is 8.21. The van der Waals surface area contributed by atoms with Crippen LogP contribution in [-0.4, -0.2) is 16.1 Å². The van der Waals surface area contributed by atoms with Crippen LogP contribution in [0, 0.1) is 13.8 Å². The molecule has 2 N–H and O–H groups in total. The molecule has 1 aromatic heterocycles. The highest BCUT2D eigenvalue weighted by molar-refractivity contribution is 5.94. The van der Waals surface area contributed by atoms with Gasteiger partial charge in [-0.25, -0.2) is 0 Å². The zero-order valence-electron chi connectivity index (χ0n) is 10.4. The number of H-pyrrole nitrogens is 1. The van der Waals surface area contributed by atoms with Crippen LogP contribution >= 0.6 is 0 Å². The average Bonchev–Trinajstić information content (AvgIpc) is 2.71. The SMILES string of the molecule is Cc1ccccc1C1CC(=O)Nc2n[nH]c(C)c21. The summed E-state index contributed by atoms with van der Waals surface area (Å²) in [4.78, 5) is 11.8. The number of rotatable bonds is 1. The number of carbonyl (C=O) groups excluding carboxylic acids is 1. The molecule has 4 heteroatoms. The molecule has 92 valence electrons. The molecule has 0 fully saturated rings. The van der Waals surface area contributed by atoms with E-state index in [4.69, 9.17) is 0 Å². The van der Waals surface area contributed by atoms with Crippen molar-refractivity contribution in [1.29, 1.82) is 0 Å². The number of amides is 1. The van der Waals surface area contributed by atoms with Gasteiger partial charge in [-0.3, -0.25) is 9.89 Å². The van der Waals surface area contributed by atoms with Crippen molar-refractivity contribution in [2.45, 2.75) is 26.2 Å². The van der Waals surface area contributed by atoms with Gasteiger partial charge < -0.3 is 5.32 Å². The second kappa shape index (κ2) is 3.98. The number of aryl methyl sites for hydroxylation is 2. The van der Waals surface area contributed by atoms with Crippen molar-refractivity contribution < 1.29 is 4.79 Å². The van der Waals surface area contributed by atoms with Gasteiger partial charge in [-0.1, -0.05) is 24.3 Å². The number of hydrogen-bond donors (Lipinski definition) is 2. The van der Waals surface area contributed by atoms with Crippen molar-refractivity contribution in [3.05, 3.63) is 46.6 Å². The number of carbonyl (C=O) groups is 1. The maximum Gasteiger partial charge on any atom is 0.226 e. The molecule has 0 radical (unpaired) electrons. The molecule has 1 aliphatic heterocycles. The summed E-state index contributed by atoms with van der Waals surface area (Å²) in [5, 5.41) is 9.93. The molecule has 0 saturated carbocycles. The van der Waals surface area contributed by atoms with E-state index in [1.54, 1.807) is 0 Å². The molecule has 2 aromatic rings. The summed E-state index contributed by atoms with van der Waals surface area (Å²) in [5.74, 6) is 0.813. The number of hydrogen-bond acceptors (Lipinski definition) is 2. The topological polar surface area (TPSA) is 57.8 Å². The number of aromatic amines is 1. The van der Waals surface area contributed by atoms with Gasteiger partial charge in [0.2, 0.25) is 5.91 Å². The van der Waals surface area contributed by atoms with Gasteiger partial charge >= 0.3 is 0 Å². The van der Waals surface area contributed by atoms with Crippen LogP contribution in [0.25, 0.3) is 0 Å².